The second-order valence-electron chi connectivity index (χ2n) is 7.99. The standard InChI is InChI=1S/C27H24N4O/c32-27(29-25-15-7-11-19-8-4-5-14-23(19)25)21-12-6-13-22(18-21)28-26-17-16-24(30-31-26)20-9-2-1-3-10-20/h1-6,8-10,12-14,16-18,25H,7,11,15H2,(H,28,31)(H,29,32)/t25-/m1/s1. The first-order valence-electron chi connectivity index (χ1n) is 10.9. The van der Waals surface area contributed by atoms with Crippen molar-refractivity contribution >= 4 is 17.4 Å². The van der Waals surface area contributed by atoms with Gasteiger partial charge in [-0.1, -0.05) is 60.7 Å². The van der Waals surface area contributed by atoms with Crippen molar-refractivity contribution in [3.8, 4) is 11.3 Å². The van der Waals surface area contributed by atoms with Crippen molar-refractivity contribution in [1.29, 1.82) is 0 Å². The van der Waals surface area contributed by atoms with Crippen LogP contribution >= 0.6 is 0 Å². The van der Waals surface area contributed by atoms with Gasteiger partial charge in [0.1, 0.15) is 0 Å². The molecular weight excluding hydrogens is 396 g/mol. The first-order valence-corrected chi connectivity index (χ1v) is 10.9. The third-order valence-electron chi connectivity index (χ3n) is 5.81. The Kier molecular flexibility index (Phi) is 5.62. The minimum absolute atomic E-state index is 0.0560. The summed E-state index contributed by atoms with van der Waals surface area (Å²) >= 11 is 0. The van der Waals surface area contributed by atoms with Crippen LogP contribution in [0, 0.1) is 0 Å². The van der Waals surface area contributed by atoms with E-state index in [2.05, 4.69) is 39.0 Å². The monoisotopic (exact) mass is 420 g/mol. The Morgan fingerprint density at radius 1 is 0.844 bits per heavy atom. The smallest absolute Gasteiger partial charge is 0.251 e. The third kappa shape index (κ3) is 4.37. The van der Waals surface area contributed by atoms with E-state index in [-0.39, 0.29) is 11.9 Å². The van der Waals surface area contributed by atoms with Crippen molar-refractivity contribution < 1.29 is 4.79 Å². The average Bonchev–Trinajstić information content (AvgIpc) is 2.85. The molecule has 0 saturated heterocycles. The van der Waals surface area contributed by atoms with Crippen molar-refractivity contribution in [1.82, 2.24) is 15.5 Å². The zero-order chi connectivity index (χ0) is 21.8. The lowest BCUT2D eigenvalue weighted by molar-refractivity contribution is 0.0933. The molecule has 0 fully saturated rings. The van der Waals surface area contributed by atoms with Gasteiger partial charge < -0.3 is 10.6 Å². The number of fused-ring (bicyclic) bond motifs is 1. The van der Waals surface area contributed by atoms with Gasteiger partial charge in [-0.3, -0.25) is 4.79 Å². The number of benzene rings is 3. The molecule has 1 aromatic heterocycles. The van der Waals surface area contributed by atoms with Crippen LogP contribution in [-0.2, 0) is 6.42 Å². The minimum atomic E-state index is -0.0686. The molecule has 3 aromatic carbocycles. The number of anilines is 2. The van der Waals surface area contributed by atoms with Gasteiger partial charge in [0.15, 0.2) is 5.82 Å². The van der Waals surface area contributed by atoms with Gasteiger partial charge in [0.2, 0.25) is 0 Å². The Morgan fingerprint density at radius 2 is 1.69 bits per heavy atom. The van der Waals surface area contributed by atoms with Gasteiger partial charge in [-0.2, -0.15) is 0 Å². The van der Waals surface area contributed by atoms with Gasteiger partial charge in [0, 0.05) is 16.8 Å². The number of carbonyl (C=O) groups excluding carboxylic acids is 1. The fourth-order valence-corrected chi connectivity index (χ4v) is 4.19. The average molecular weight is 421 g/mol. The largest absolute Gasteiger partial charge is 0.345 e. The maximum Gasteiger partial charge on any atom is 0.251 e. The number of rotatable bonds is 5. The summed E-state index contributed by atoms with van der Waals surface area (Å²) in [6.07, 6.45) is 3.12. The number of nitrogens with one attached hydrogen (secondary N) is 2. The number of carbonyl (C=O) groups is 1. The molecule has 5 heteroatoms. The van der Waals surface area contributed by atoms with E-state index in [1.54, 1.807) is 0 Å². The molecule has 0 bridgehead atoms. The minimum Gasteiger partial charge on any atom is -0.345 e. The summed E-state index contributed by atoms with van der Waals surface area (Å²) in [5.41, 5.74) is 5.81. The molecule has 0 spiro atoms. The van der Waals surface area contributed by atoms with Gasteiger partial charge in [0.05, 0.1) is 11.7 Å². The van der Waals surface area contributed by atoms with Crippen LogP contribution in [-0.4, -0.2) is 16.1 Å². The highest BCUT2D eigenvalue weighted by Gasteiger charge is 2.22. The number of hydrogen-bond acceptors (Lipinski definition) is 4. The molecular formula is C27H24N4O. The second kappa shape index (κ2) is 9.02. The van der Waals surface area contributed by atoms with Crippen LogP contribution in [0.1, 0.15) is 40.4 Å². The third-order valence-corrected chi connectivity index (χ3v) is 5.81. The highest BCUT2D eigenvalue weighted by Crippen LogP contribution is 2.30. The van der Waals surface area contributed by atoms with E-state index in [1.807, 2.05) is 72.8 Å². The number of hydrogen-bond donors (Lipinski definition) is 2. The molecule has 0 unspecified atom stereocenters. The fourth-order valence-electron chi connectivity index (χ4n) is 4.19. The van der Waals surface area contributed by atoms with Crippen LogP contribution in [0.25, 0.3) is 11.3 Å². The number of aryl methyl sites for hydroxylation is 1. The van der Waals surface area contributed by atoms with Crippen molar-refractivity contribution in [3.63, 3.8) is 0 Å². The van der Waals surface area contributed by atoms with E-state index in [0.717, 1.165) is 36.2 Å². The topological polar surface area (TPSA) is 66.9 Å². The lowest BCUT2D eigenvalue weighted by atomic mass is 9.87. The molecule has 5 nitrogen and oxygen atoms in total. The summed E-state index contributed by atoms with van der Waals surface area (Å²) in [7, 11) is 0. The molecule has 0 saturated carbocycles. The first kappa shape index (κ1) is 19.9. The Balaban J connectivity index is 1.28. The van der Waals surface area contributed by atoms with E-state index < -0.39 is 0 Å². The molecule has 5 rings (SSSR count). The molecule has 2 N–H and O–H groups in total. The van der Waals surface area contributed by atoms with Crippen molar-refractivity contribution in [3.05, 3.63) is 108 Å². The lowest BCUT2D eigenvalue weighted by Gasteiger charge is -2.26. The summed E-state index contributed by atoms with van der Waals surface area (Å²) in [4.78, 5) is 13.0. The number of nitrogens with zero attached hydrogens (tertiary/aromatic N) is 2. The predicted molar refractivity (Wildman–Crippen MR) is 127 cm³/mol. The fraction of sp³-hybridized carbons (Fsp3) is 0.148. The molecule has 158 valence electrons. The molecule has 1 heterocycles. The number of aromatic nitrogens is 2. The van der Waals surface area contributed by atoms with Gasteiger partial charge >= 0.3 is 0 Å². The molecule has 1 aliphatic carbocycles. The maximum absolute atomic E-state index is 13.0. The highest BCUT2D eigenvalue weighted by atomic mass is 16.1. The van der Waals surface area contributed by atoms with E-state index in [1.165, 1.54) is 11.1 Å². The van der Waals surface area contributed by atoms with Crippen LogP contribution in [0.5, 0.6) is 0 Å². The zero-order valence-electron chi connectivity index (χ0n) is 17.7. The van der Waals surface area contributed by atoms with E-state index in [4.69, 9.17) is 0 Å². The Morgan fingerprint density at radius 3 is 2.53 bits per heavy atom. The lowest BCUT2D eigenvalue weighted by Crippen LogP contribution is -2.31. The van der Waals surface area contributed by atoms with Crippen LogP contribution in [0.2, 0.25) is 0 Å². The van der Waals surface area contributed by atoms with Crippen LogP contribution < -0.4 is 10.6 Å². The molecule has 0 radical (unpaired) electrons. The normalized spacial score (nSPS) is 14.9. The summed E-state index contributed by atoms with van der Waals surface area (Å²) in [5, 5.41) is 15.0. The first-order chi connectivity index (χ1) is 15.8. The quantitative estimate of drug-likeness (QED) is 0.435. The van der Waals surface area contributed by atoms with Crippen LogP contribution in [0.4, 0.5) is 11.5 Å². The van der Waals surface area contributed by atoms with Gasteiger partial charge in [-0.05, 0) is 60.7 Å². The van der Waals surface area contributed by atoms with Gasteiger partial charge in [0.25, 0.3) is 5.91 Å². The summed E-state index contributed by atoms with van der Waals surface area (Å²) in [6.45, 7) is 0. The maximum atomic E-state index is 13.0. The van der Waals surface area contributed by atoms with Gasteiger partial charge in [-0.15, -0.1) is 10.2 Å². The molecule has 0 aliphatic heterocycles. The van der Waals surface area contributed by atoms with E-state index in [9.17, 15) is 4.79 Å². The molecule has 1 amide bonds. The number of amides is 1. The van der Waals surface area contributed by atoms with Crippen LogP contribution in [0.3, 0.4) is 0 Å². The Labute approximate surface area is 187 Å². The SMILES string of the molecule is O=C(N[C@@H]1CCCc2ccccc21)c1cccc(Nc2ccc(-c3ccccc3)nn2)c1. The Hall–Kier alpha value is -3.99. The second-order valence-corrected chi connectivity index (χ2v) is 7.99. The van der Waals surface area contributed by atoms with Crippen LogP contribution in [0.15, 0.2) is 91.0 Å². The molecule has 32 heavy (non-hydrogen) atoms. The Bertz CT molecular complexity index is 1220. The van der Waals surface area contributed by atoms with Crippen molar-refractivity contribution in [2.24, 2.45) is 0 Å². The van der Waals surface area contributed by atoms with Crippen molar-refractivity contribution in [2.45, 2.75) is 25.3 Å². The summed E-state index contributed by atoms with van der Waals surface area (Å²) < 4.78 is 0. The van der Waals surface area contributed by atoms with E-state index >= 15 is 0 Å². The molecule has 1 aliphatic rings. The summed E-state index contributed by atoms with van der Waals surface area (Å²) in [5.74, 6) is 0.560. The summed E-state index contributed by atoms with van der Waals surface area (Å²) in [6, 6.07) is 29.7. The zero-order valence-corrected chi connectivity index (χ0v) is 17.7. The molecule has 4 aromatic rings. The highest BCUT2D eigenvalue weighted by molar-refractivity contribution is 5.95. The van der Waals surface area contributed by atoms with E-state index in [0.29, 0.717) is 11.4 Å². The molecule has 1 atom stereocenters. The van der Waals surface area contributed by atoms with Crippen molar-refractivity contribution in [2.75, 3.05) is 5.32 Å². The van der Waals surface area contributed by atoms with Gasteiger partial charge in [-0.25, -0.2) is 0 Å². The predicted octanol–water partition coefficient (Wildman–Crippen LogP) is 5.69.